The first-order valence-electron chi connectivity index (χ1n) is 6.16. The Morgan fingerprint density at radius 3 is 2.68 bits per heavy atom. The molecule has 106 valence electrons. The minimum atomic E-state index is -0.151. The predicted molar refractivity (Wildman–Crippen MR) is 83.5 cm³/mol. The van der Waals surface area contributed by atoms with Gasteiger partial charge in [-0.3, -0.25) is 9.69 Å². The summed E-state index contributed by atoms with van der Waals surface area (Å²) >= 11 is 8.99. The zero-order valence-corrected chi connectivity index (χ0v) is 13.8. The monoisotopic (exact) mass is 347 g/mol. The lowest BCUT2D eigenvalue weighted by atomic mass is 10.1. The summed E-state index contributed by atoms with van der Waals surface area (Å²) in [4.78, 5) is 13.5. The second-order valence-corrected chi connectivity index (χ2v) is 5.47. The van der Waals surface area contributed by atoms with Gasteiger partial charge in [0.25, 0.3) is 0 Å². The van der Waals surface area contributed by atoms with Gasteiger partial charge in [-0.15, -0.1) is 11.6 Å². The zero-order chi connectivity index (χ0) is 14.4. The molecule has 0 fully saturated rings. The lowest BCUT2D eigenvalue weighted by Crippen LogP contribution is -2.31. The maximum absolute atomic E-state index is 11.9. The summed E-state index contributed by atoms with van der Waals surface area (Å²) in [6.45, 7) is 6.74. The Balaban J connectivity index is 3.11. The van der Waals surface area contributed by atoms with Gasteiger partial charge in [0.1, 0.15) is 11.6 Å². The van der Waals surface area contributed by atoms with Crippen LogP contribution in [-0.4, -0.2) is 23.8 Å². The van der Waals surface area contributed by atoms with Crippen LogP contribution in [0.2, 0.25) is 0 Å². The first-order chi connectivity index (χ1) is 9.01. The van der Waals surface area contributed by atoms with Crippen molar-refractivity contribution in [3.05, 3.63) is 23.8 Å². The Hall–Kier alpha value is -0.740. The summed E-state index contributed by atoms with van der Waals surface area (Å²) in [7, 11) is 0. The average Bonchev–Trinajstić information content (AvgIpc) is 2.39. The van der Waals surface area contributed by atoms with Gasteiger partial charge in [-0.2, -0.15) is 0 Å². The van der Waals surface area contributed by atoms with Gasteiger partial charge in [-0.1, -0.05) is 41.9 Å². The minimum absolute atomic E-state index is 0.0520. The number of amides is 1. The summed E-state index contributed by atoms with van der Waals surface area (Å²) in [5.74, 6) is 0.937. The lowest BCUT2D eigenvalue weighted by Gasteiger charge is -2.24. The molecule has 0 saturated carbocycles. The molecule has 19 heavy (non-hydrogen) atoms. The summed E-state index contributed by atoms with van der Waals surface area (Å²) in [6.07, 6.45) is 0. The normalized spacial score (nSPS) is 10.6. The van der Waals surface area contributed by atoms with Crippen LogP contribution in [0.15, 0.2) is 18.2 Å². The van der Waals surface area contributed by atoms with E-state index >= 15 is 0 Å². The highest BCUT2D eigenvalue weighted by Crippen LogP contribution is 2.33. The molecule has 0 atom stereocenters. The molecule has 0 heterocycles. The third kappa shape index (κ3) is 4.39. The van der Waals surface area contributed by atoms with Crippen molar-refractivity contribution < 1.29 is 9.53 Å². The van der Waals surface area contributed by atoms with Crippen LogP contribution in [0.5, 0.6) is 5.75 Å². The second-order valence-electron chi connectivity index (χ2n) is 4.70. The Morgan fingerprint density at radius 1 is 1.47 bits per heavy atom. The van der Waals surface area contributed by atoms with Gasteiger partial charge in [0.05, 0.1) is 17.7 Å². The van der Waals surface area contributed by atoms with E-state index in [1.54, 1.807) is 4.90 Å². The van der Waals surface area contributed by atoms with Gasteiger partial charge in [-0.25, -0.2) is 0 Å². The van der Waals surface area contributed by atoms with E-state index in [0.29, 0.717) is 23.7 Å². The molecule has 0 bridgehead atoms. The van der Waals surface area contributed by atoms with Crippen LogP contribution >= 0.6 is 27.5 Å². The van der Waals surface area contributed by atoms with Gasteiger partial charge in [0.15, 0.2) is 0 Å². The predicted octanol–water partition coefficient (Wildman–Crippen LogP) is 3.95. The number of rotatable bonds is 6. The first-order valence-corrected chi connectivity index (χ1v) is 7.81. The Morgan fingerprint density at radius 2 is 2.16 bits per heavy atom. The van der Waals surface area contributed by atoms with Crippen molar-refractivity contribution in [1.29, 1.82) is 0 Å². The number of para-hydroxylation sites is 1. The Labute approximate surface area is 128 Å². The molecule has 0 aliphatic carbocycles. The zero-order valence-electron chi connectivity index (χ0n) is 11.5. The molecular formula is C14H19BrClNO2. The molecule has 0 aliphatic heterocycles. The van der Waals surface area contributed by atoms with E-state index in [1.807, 2.05) is 25.1 Å². The number of alkyl halides is 2. The highest BCUT2D eigenvalue weighted by molar-refractivity contribution is 9.09. The highest BCUT2D eigenvalue weighted by Gasteiger charge is 2.20. The standard InChI is InChI=1S/C14H19BrClNO2/c1-10(2)8-19-12-6-4-5-11(3)14(12)17(9-15)13(18)7-16/h4-6,10H,7-9H2,1-3H3. The van der Waals surface area contributed by atoms with E-state index in [9.17, 15) is 4.79 Å². The Kier molecular flexibility index (Phi) is 6.66. The van der Waals surface area contributed by atoms with E-state index in [1.165, 1.54) is 0 Å². The molecule has 0 spiro atoms. The summed E-state index contributed by atoms with van der Waals surface area (Å²) in [5.41, 5.74) is 2.16. The summed E-state index contributed by atoms with van der Waals surface area (Å²) < 4.78 is 5.80. The van der Waals surface area contributed by atoms with Crippen LogP contribution in [0, 0.1) is 12.8 Å². The molecule has 0 unspecified atom stereocenters. The number of nitrogens with zero attached hydrogens (tertiary/aromatic N) is 1. The van der Waals surface area contributed by atoms with Crippen LogP contribution in [-0.2, 0) is 4.79 Å². The third-order valence-corrected chi connectivity index (χ3v) is 3.31. The smallest absolute Gasteiger partial charge is 0.242 e. The topological polar surface area (TPSA) is 29.5 Å². The average molecular weight is 349 g/mol. The second kappa shape index (κ2) is 7.75. The van der Waals surface area contributed by atoms with Crippen molar-refractivity contribution >= 4 is 39.1 Å². The minimum Gasteiger partial charge on any atom is -0.491 e. The van der Waals surface area contributed by atoms with Crippen molar-refractivity contribution in [2.24, 2.45) is 5.92 Å². The maximum atomic E-state index is 11.9. The fourth-order valence-corrected chi connectivity index (χ4v) is 2.35. The number of hydrogen-bond donors (Lipinski definition) is 0. The fourth-order valence-electron chi connectivity index (χ4n) is 1.67. The molecule has 1 aromatic carbocycles. The third-order valence-electron chi connectivity index (χ3n) is 2.58. The number of aryl methyl sites for hydroxylation is 1. The molecular weight excluding hydrogens is 330 g/mol. The molecule has 0 radical (unpaired) electrons. The van der Waals surface area contributed by atoms with E-state index in [4.69, 9.17) is 16.3 Å². The van der Waals surface area contributed by atoms with E-state index in [-0.39, 0.29) is 11.8 Å². The van der Waals surface area contributed by atoms with Crippen LogP contribution in [0.3, 0.4) is 0 Å². The van der Waals surface area contributed by atoms with Crippen LogP contribution in [0.4, 0.5) is 5.69 Å². The SMILES string of the molecule is Cc1cccc(OCC(C)C)c1N(CBr)C(=O)CCl. The quantitative estimate of drug-likeness (QED) is 0.575. The maximum Gasteiger partial charge on any atom is 0.242 e. The van der Waals surface area contributed by atoms with Gasteiger partial charge in [0.2, 0.25) is 5.91 Å². The lowest BCUT2D eigenvalue weighted by molar-refractivity contribution is -0.116. The summed E-state index contributed by atoms with van der Waals surface area (Å²) in [6, 6.07) is 5.75. The molecule has 5 heteroatoms. The highest BCUT2D eigenvalue weighted by atomic mass is 79.9. The molecule has 0 N–H and O–H groups in total. The molecule has 0 aromatic heterocycles. The van der Waals surface area contributed by atoms with Gasteiger partial charge < -0.3 is 4.74 Å². The first kappa shape index (κ1) is 16.3. The van der Waals surface area contributed by atoms with Gasteiger partial charge >= 0.3 is 0 Å². The molecule has 3 nitrogen and oxygen atoms in total. The van der Waals surface area contributed by atoms with Crippen LogP contribution in [0.1, 0.15) is 19.4 Å². The van der Waals surface area contributed by atoms with Crippen molar-refractivity contribution in [3.63, 3.8) is 0 Å². The molecule has 1 amide bonds. The van der Waals surface area contributed by atoms with E-state index < -0.39 is 0 Å². The van der Waals surface area contributed by atoms with Crippen LogP contribution < -0.4 is 9.64 Å². The molecule has 0 aliphatic rings. The largest absolute Gasteiger partial charge is 0.491 e. The van der Waals surface area contributed by atoms with E-state index in [2.05, 4.69) is 29.8 Å². The van der Waals surface area contributed by atoms with Crippen molar-refractivity contribution in [1.82, 2.24) is 0 Å². The number of ether oxygens (including phenoxy) is 1. The van der Waals surface area contributed by atoms with Crippen LogP contribution in [0.25, 0.3) is 0 Å². The van der Waals surface area contributed by atoms with E-state index in [0.717, 1.165) is 11.3 Å². The van der Waals surface area contributed by atoms with Crippen molar-refractivity contribution in [2.45, 2.75) is 20.8 Å². The number of carbonyl (C=O) groups is 1. The summed E-state index contributed by atoms with van der Waals surface area (Å²) in [5, 5.41) is 0. The van der Waals surface area contributed by atoms with Gasteiger partial charge in [-0.05, 0) is 24.5 Å². The number of halogens is 2. The molecule has 0 saturated heterocycles. The number of anilines is 1. The van der Waals surface area contributed by atoms with Gasteiger partial charge in [0, 0.05) is 0 Å². The molecule has 1 rings (SSSR count). The fraction of sp³-hybridized carbons (Fsp3) is 0.500. The number of carbonyl (C=O) groups excluding carboxylic acids is 1. The molecule has 1 aromatic rings. The Bertz CT molecular complexity index is 437. The number of hydrogen-bond acceptors (Lipinski definition) is 2. The van der Waals surface area contributed by atoms with Crippen molar-refractivity contribution in [2.75, 3.05) is 22.8 Å². The number of benzene rings is 1. The van der Waals surface area contributed by atoms with Crippen molar-refractivity contribution in [3.8, 4) is 5.75 Å².